The van der Waals surface area contributed by atoms with Crippen molar-refractivity contribution in [1.29, 1.82) is 0 Å². The molecule has 2 amide bonds. The number of nitrogens with zero attached hydrogens (tertiary/aromatic N) is 1. The number of rotatable bonds is 5. The molecule has 0 spiro atoms. The average Bonchev–Trinajstić information content (AvgIpc) is 3.13. The van der Waals surface area contributed by atoms with E-state index < -0.39 is 0 Å². The molecule has 132 valence electrons. The van der Waals surface area contributed by atoms with E-state index in [-0.39, 0.29) is 23.5 Å². The third-order valence-electron chi connectivity index (χ3n) is 4.05. The van der Waals surface area contributed by atoms with Gasteiger partial charge in [-0.3, -0.25) is 14.9 Å². The summed E-state index contributed by atoms with van der Waals surface area (Å²) in [5.41, 5.74) is 1.13. The molecule has 1 aromatic heterocycles. The van der Waals surface area contributed by atoms with Gasteiger partial charge >= 0.3 is 0 Å². The van der Waals surface area contributed by atoms with Gasteiger partial charge in [0.05, 0.1) is 11.6 Å². The Morgan fingerprint density at radius 1 is 1.32 bits per heavy atom. The summed E-state index contributed by atoms with van der Waals surface area (Å²) in [6.45, 7) is 4.74. The molecule has 3 rings (SSSR count). The highest BCUT2D eigenvalue weighted by atomic mass is 32.1. The third kappa shape index (κ3) is 4.04. The summed E-state index contributed by atoms with van der Waals surface area (Å²) in [5.74, 6) is -0.588. The average molecular weight is 361 g/mol. The Morgan fingerprint density at radius 3 is 2.72 bits per heavy atom. The second-order valence-corrected chi connectivity index (χ2v) is 7.60. The van der Waals surface area contributed by atoms with Crippen molar-refractivity contribution >= 4 is 28.3 Å². The van der Waals surface area contributed by atoms with Gasteiger partial charge in [0.2, 0.25) is 5.91 Å². The summed E-state index contributed by atoms with van der Waals surface area (Å²) in [6.07, 6.45) is 1.55. The number of thiazole rings is 1. The van der Waals surface area contributed by atoms with E-state index >= 15 is 0 Å². The van der Waals surface area contributed by atoms with E-state index in [0.717, 1.165) is 23.4 Å². The first-order valence-electron chi connectivity index (χ1n) is 8.28. The van der Waals surface area contributed by atoms with Crippen LogP contribution in [-0.2, 0) is 11.2 Å². The maximum atomic E-state index is 12.9. The predicted octanol–water partition coefficient (Wildman–Crippen LogP) is 3.34. The number of nitrogens with one attached hydrogen (secondary N) is 2. The van der Waals surface area contributed by atoms with Crippen molar-refractivity contribution in [2.45, 2.75) is 32.6 Å². The maximum Gasteiger partial charge on any atom is 0.257 e. The van der Waals surface area contributed by atoms with Crippen LogP contribution in [0.3, 0.4) is 0 Å². The van der Waals surface area contributed by atoms with E-state index in [1.165, 1.54) is 35.6 Å². The third-order valence-corrected chi connectivity index (χ3v) is 5.09. The Hall–Kier alpha value is -2.28. The van der Waals surface area contributed by atoms with E-state index in [9.17, 15) is 14.0 Å². The molecule has 1 aliphatic carbocycles. The van der Waals surface area contributed by atoms with Crippen molar-refractivity contribution in [3.8, 4) is 0 Å². The van der Waals surface area contributed by atoms with E-state index in [0.29, 0.717) is 23.2 Å². The zero-order chi connectivity index (χ0) is 18.0. The van der Waals surface area contributed by atoms with Crippen molar-refractivity contribution in [3.63, 3.8) is 0 Å². The number of carbonyl (C=O) groups is 2. The summed E-state index contributed by atoms with van der Waals surface area (Å²) in [4.78, 5) is 30.0. The Labute approximate surface area is 149 Å². The van der Waals surface area contributed by atoms with Gasteiger partial charge in [-0.25, -0.2) is 9.37 Å². The Morgan fingerprint density at radius 2 is 2.04 bits per heavy atom. The molecule has 1 heterocycles. The number of anilines is 1. The molecule has 1 atom stereocenters. The second-order valence-electron chi connectivity index (χ2n) is 6.52. The summed E-state index contributed by atoms with van der Waals surface area (Å²) in [5, 5.41) is 6.15. The van der Waals surface area contributed by atoms with Crippen LogP contribution >= 0.6 is 11.3 Å². The van der Waals surface area contributed by atoms with Gasteiger partial charge in [-0.15, -0.1) is 11.3 Å². The number of carbonyl (C=O) groups excluding carboxylic acids is 2. The number of hydrogen-bond donors (Lipinski definition) is 2. The molecule has 0 bridgehead atoms. The zero-order valence-electron chi connectivity index (χ0n) is 14.1. The van der Waals surface area contributed by atoms with Crippen LogP contribution in [0.4, 0.5) is 9.52 Å². The lowest BCUT2D eigenvalue weighted by atomic mass is 10.1. The fraction of sp³-hybridized carbons (Fsp3) is 0.389. The molecule has 0 fully saturated rings. The van der Waals surface area contributed by atoms with Crippen LogP contribution in [0.25, 0.3) is 0 Å². The fourth-order valence-electron chi connectivity index (χ4n) is 2.73. The van der Waals surface area contributed by atoms with Crippen LogP contribution in [-0.4, -0.2) is 23.3 Å². The van der Waals surface area contributed by atoms with Gasteiger partial charge in [0.15, 0.2) is 5.13 Å². The molecule has 1 unspecified atom stereocenters. The second kappa shape index (κ2) is 7.31. The minimum Gasteiger partial charge on any atom is -0.355 e. The highest BCUT2D eigenvalue weighted by molar-refractivity contribution is 7.16. The lowest BCUT2D eigenvalue weighted by molar-refractivity contribution is -0.122. The highest BCUT2D eigenvalue weighted by Gasteiger charge is 2.32. The van der Waals surface area contributed by atoms with Crippen LogP contribution in [0, 0.1) is 11.7 Å². The summed E-state index contributed by atoms with van der Waals surface area (Å²) < 4.78 is 12.9. The van der Waals surface area contributed by atoms with Crippen molar-refractivity contribution < 1.29 is 14.0 Å². The number of amides is 2. The normalized spacial score (nSPS) is 15.9. The number of aromatic nitrogens is 1. The lowest BCUT2D eigenvalue weighted by Gasteiger charge is -2.12. The molecule has 0 saturated carbocycles. The summed E-state index contributed by atoms with van der Waals surface area (Å²) in [7, 11) is 0. The number of benzene rings is 1. The van der Waals surface area contributed by atoms with Crippen LogP contribution < -0.4 is 10.6 Å². The van der Waals surface area contributed by atoms with Crippen LogP contribution in [0.1, 0.15) is 47.1 Å². The van der Waals surface area contributed by atoms with Crippen molar-refractivity contribution in [3.05, 3.63) is 46.2 Å². The number of halogens is 1. The van der Waals surface area contributed by atoms with Crippen molar-refractivity contribution in [2.75, 3.05) is 11.9 Å². The van der Waals surface area contributed by atoms with E-state index in [2.05, 4.69) is 15.6 Å². The van der Waals surface area contributed by atoms with Gasteiger partial charge < -0.3 is 5.32 Å². The van der Waals surface area contributed by atoms with Crippen molar-refractivity contribution in [2.24, 2.45) is 5.92 Å². The molecule has 5 nitrogen and oxygen atoms in total. The van der Waals surface area contributed by atoms with E-state index in [1.54, 1.807) is 0 Å². The number of aryl methyl sites for hydroxylation is 1. The van der Waals surface area contributed by atoms with Crippen molar-refractivity contribution in [1.82, 2.24) is 10.3 Å². The van der Waals surface area contributed by atoms with E-state index in [4.69, 9.17) is 0 Å². The monoisotopic (exact) mass is 361 g/mol. The summed E-state index contributed by atoms with van der Waals surface area (Å²) in [6, 6.07) is 5.33. The molecule has 0 saturated heterocycles. The fourth-order valence-corrected chi connectivity index (χ4v) is 3.77. The maximum absolute atomic E-state index is 12.9. The van der Waals surface area contributed by atoms with Gasteiger partial charge in [0.1, 0.15) is 5.82 Å². The molecule has 2 aromatic rings. The van der Waals surface area contributed by atoms with Crippen LogP contribution in [0.5, 0.6) is 0 Å². The quantitative estimate of drug-likeness (QED) is 0.858. The van der Waals surface area contributed by atoms with E-state index in [1.807, 2.05) is 13.8 Å². The molecular weight excluding hydrogens is 341 g/mol. The minimum absolute atomic E-state index is 0.00541. The highest BCUT2D eigenvalue weighted by Crippen LogP contribution is 2.38. The molecule has 2 N–H and O–H groups in total. The Kier molecular flexibility index (Phi) is 5.13. The standard InChI is InChI=1S/C18H20FN3O2S/c1-10(2)9-20-17(24)13-7-8-14-15(13)21-18(25-14)22-16(23)11-3-5-12(19)6-4-11/h3-6,10,13H,7-9H2,1-2H3,(H,20,24)(H,21,22,23). The molecule has 1 aliphatic rings. The Balaban J connectivity index is 1.68. The molecule has 1 aromatic carbocycles. The number of hydrogen-bond acceptors (Lipinski definition) is 4. The number of fused-ring (bicyclic) bond motifs is 1. The van der Waals surface area contributed by atoms with Crippen LogP contribution in [0.15, 0.2) is 24.3 Å². The van der Waals surface area contributed by atoms with Gasteiger partial charge in [-0.2, -0.15) is 0 Å². The van der Waals surface area contributed by atoms with Gasteiger partial charge in [0.25, 0.3) is 5.91 Å². The Bertz CT molecular complexity index is 786. The first kappa shape index (κ1) is 17.5. The topological polar surface area (TPSA) is 71.1 Å². The van der Waals surface area contributed by atoms with Gasteiger partial charge in [0, 0.05) is 17.0 Å². The molecule has 7 heteroatoms. The first-order valence-corrected chi connectivity index (χ1v) is 9.10. The molecular formula is C18H20FN3O2S. The lowest BCUT2D eigenvalue weighted by Crippen LogP contribution is -2.31. The SMILES string of the molecule is CC(C)CNC(=O)C1CCc2sc(NC(=O)c3ccc(F)cc3)nc21. The largest absolute Gasteiger partial charge is 0.355 e. The smallest absolute Gasteiger partial charge is 0.257 e. The van der Waals surface area contributed by atoms with Gasteiger partial charge in [-0.05, 0) is 43.0 Å². The predicted molar refractivity (Wildman–Crippen MR) is 95.4 cm³/mol. The molecule has 0 radical (unpaired) electrons. The van der Waals surface area contributed by atoms with Crippen LogP contribution in [0.2, 0.25) is 0 Å². The molecule has 25 heavy (non-hydrogen) atoms. The summed E-state index contributed by atoms with van der Waals surface area (Å²) >= 11 is 1.40. The zero-order valence-corrected chi connectivity index (χ0v) is 15.0. The van der Waals surface area contributed by atoms with Gasteiger partial charge in [-0.1, -0.05) is 13.8 Å². The molecule has 0 aliphatic heterocycles. The first-order chi connectivity index (χ1) is 11.9. The minimum atomic E-state index is -0.389.